The molecule has 4 N–H and O–H groups in total. The van der Waals surface area contributed by atoms with Crippen molar-refractivity contribution in [3.05, 3.63) is 23.8 Å². The second-order valence-corrected chi connectivity index (χ2v) is 5.46. The Morgan fingerprint density at radius 1 is 1.42 bits per heavy atom. The molecule has 6 nitrogen and oxygen atoms in total. The number of hydrogen-bond donors (Lipinski definition) is 3. The van der Waals surface area contributed by atoms with E-state index in [1.807, 2.05) is 6.92 Å². The number of nitrogens with one attached hydrogen (secondary N) is 1. The fourth-order valence-electron chi connectivity index (χ4n) is 1.40. The van der Waals surface area contributed by atoms with Gasteiger partial charge in [-0.25, -0.2) is 5.26 Å². The van der Waals surface area contributed by atoms with Crippen LogP contribution in [0.2, 0.25) is 0 Å². The van der Waals surface area contributed by atoms with Gasteiger partial charge in [-0.05, 0) is 29.5 Å². The molecule has 1 aromatic carbocycles. The molecule has 0 spiro atoms. The number of primary amides is 1. The molecule has 0 saturated heterocycles. The summed E-state index contributed by atoms with van der Waals surface area (Å²) in [6.45, 7) is 8.23. The first-order chi connectivity index (χ1) is 8.75. The van der Waals surface area contributed by atoms with E-state index in [0.717, 1.165) is 0 Å². The average Bonchev–Trinajstić information content (AvgIpc) is 2.28. The molecule has 0 heterocycles. The van der Waals surface area contributed by atoms with Gasteiger partial charge in [-0.1, -0.05) is 20.8 Å². The van der Waals surface area contributed by atoms with Crippen molar-refractivity contribution in [3.63, 3.8) is 0 Å². The Labute approximate surface area is 112 Å². The first-order valence-corrected chi connectivity index (χ1v) is 5.94. The van der Waals surface area contributed by atoms with E-state index in [9.17, 15) is 4.79 Å². The van der Waals surface area contributed by atoms with E-state index in [1.54, 1.807) is 6.07 Å². The summed E-state index contributed by atoms with van der Waals surface area (Å²) in [6.07, 6.45) is 0. The van der Waals surface area contributed by atoms with Gasteiger partial charge in [-0.2, -0.15) is 0 Å². The van der Waals surface area contributed by atoms with Crippen LogP contribution in [0.25, 0.3) is 0 Å². The molecular formula is C13H20N2O4. The fraction of sp³-hybridized carbons (Fsp3) is 0.462. The lowest BCUT2D eigenvalue weighted by Crippen LogP contribution is -2.31. The van der Waals surface area contributed by atoms with Gasteiger partial charge in [0.25, 0.3) is 5.91 Å². The summed E-state index contributed by atoms with van der Waals surface area (Å²) in [5.41, 5.74) is 6.20. The number of carbonyl (C=O) groups is 1. The van der Waals surface area contributed by atoms with E-state index in [1.165, 1.54) is 12.1 Å². The van der Waals surface area contributed by atoms with Gasteiger partial charge < -0.3 is 15.9 Å². The largest absolute Gasteiger partial charge is 0.381 e. The monoisotopic (exact) mass is 268 g/mol. The van der Waals surface area contributed by atoms with Crippen LogP contribution in [-0.2, 0) is 5.04 Å². The highest BCUT2D eigenvalue weighted by molar-refractivity contribution is 5.98. The maximum Gasteiger partial charge on any atom is 0.250 e. The number of amides is 1. The molecule has 0 aliphatic heterocycles. The lowest BCUT2D eigenvalue weighted by atomic mass is 9.88. The van der Waals surface area contributed by atoms with Gasteiger partial charge in [0.1, 0.15) is 0 Å². The minimum absolute atomic E-state index is 0.000737. The van der Waals surface area contributed by atoms with Crippen LogP contribution in [0.1, 0.15) is 38.1 Å². The third-order valence-electron chi connectivity index (χ3n) is 3.06. The number of hydrogen-bond acceptors (Lipinski definition) is 5. The molecular weight excluding hydrogens is 248 g/mol. The molecule has 0 aliphatic rings. The number of benzene rings is 1. The fourth-order valence-corrected chi connectivity index (χ4v) is 1.40. The van der Waals surface area contributed by atoms with E-state index in [-0.39, 0.29) is 17.2 Å². The molecule has 0 aliphatic carbocycles. The van der Waals surface area contributed by atoms with Crippen LogP contribution in [-0.4, -0.2) is 17.2 Å². The van der Waals surface area contributed by atoms with E-state index in [4.69, 9.17) is 11.0 Å². The Hall–Kier alpha value is -1.79. The van der Waals surface area contributed by atoms with Crippen molar-refractivity contribution < 1.29 is 20.0 Å². The van der Waals surface area contributed by atoms with Crippen LogP contribution in [0.5, 0.6) is 5.75 Å². The topological polar surface area (TPSA) is 93.8 Å². The number of rotatable bonds is 5. The molecule has 0 aromatic heterocycles. The van der Waals surface area contributed by atoms with Crippen molar-refractivity contribution in [3.8, 4) is 5.75 Å². The van der Waals surface area contributed by atoms with Gasteiger partial charge in [0.05, 0.1) is 11.3 Å². The summed E-state index contributed by atoms with van der Waals surface area (Å²) in [5, 5.41) is 15.1. The van der Waals surface area contributed by atoms with E-state index in [2.05, 4.69) is 36.0 Å². The smallest absolute Gasteiger partial charge is 0.250 e. The average molecular weight is 268 g/mol. The predicted molar refractivity (Wildman–Crippen MR) is 71.8 cm³/mol. The van der Waals surface area contributed by atoms with Gasteiger partial charge >= 0.3 is 0 Å². The summed E-state index contributed by atoms with van der Waals surface area (Å²) in [5.74, 6) is -0.281. The molecule has 0 saturated carbocycles. The van der Waals surface area contributed by atoms with Crippen molar-refractivity contribution >= 4 is 11.6 Å². The zero-order chi connectivity index (χ0) is 14.6. The summed E-state index contributed by atoms with van der Waals surface area (Å²) in [6, 6.07) is 4.62. The van der Waals surface area contributed by atoms with E-state index < -0.39 is 5.91 Å². The van der Waals surface area contributed by atoms with Crippen molar-refractivity contribution in [1.82, 2.24) is 0 Å². The van der Waals surface area contributed by atoms with Crippen LogP contribution >= 0.6 is 0 Å². The molecule has 0 fully saturated rings. The number of anilines is 1. The van der Waals surface area contributed by atoms with Crippen molar-refractivity contribution in [1.29, 1.82) is 0 Å². The molecule has 1 amide bonds. The molecule has 0 bridgehead atoms. The predicted octanol–water partition coefficient (Wildman–Crippen LogP) is 2.42. The van der Waals surface area contributed by atoms with Crippen molar-refractivity contribution in [2.75, 3.05) is 5.32 Å². The van der Waals surface area contributed by atoms with Crippen LogP contribution in [0.4, 0.5) is 5.69 Å². The Bertz CT molecular complexity index is 454. The molecule has 1 rings (SSSR count). The highest BCUT2D eigenvalue weighted by atomic mass is 17.5. The van der Waals surface area contributed by atoms with Gasteiger partial charge in [-0.3, -0.25) is 4.79 Å². The SMILES string of the molecule is CC(Nc1cc(OOO)ccc1C(N)=O)C(C)(C)C. The lowest BCUT2D eigenvalue weighted by molar-refractivity contribution is -0.438. The van der Waals surface area contributed by atoms with Crippen molar-refractivity contribution in [2.45, 2.75) is 33.7 Å². The van der Waals surface area contributed by atoms with Gasteiger partial charge in [-0.15, -0.1) is 0 Å². The zero-order valence-corrected chi connectivity index (χ0v) is 11.6. The molecule has 1 atom stereocenters. The Balaban J connectivity index is 3.07. The van der Waals surface area contributed by atoms with Crippen LogP contribution < -0.4 is 15.9 Å². The number of nitrogens with two attached hydrogens (primary N) is 1. The minimum atomic E-state index is -0.542. The molecule has 0 radical (unpaired) electrons. The molecule has 1 aromatic rings. The van der Waals surface area contributed by atoms with Gasteiger partial charge in [0.15, 0.2) is 5.75 Å². The van der Waals surface area contributed by atoms with E-state index in [0.29, 0.717) is 11.3 Å². The Kier molecular flexibility index (Phi) is 4.74. The maximum atomic E-state index is 11.4. The van der Waals surface area contributed by atoms with Crippen LogP contribution in [0.15, 0.2) is 18.2 Å². The highest BCUT2D eigenvalue weighted by Gasteiger charge is 2.21. The minimum Gasteiger partial charge on any atom is -0.381 e. The van der Waals surface area contributed by atoms with Gasteiger partial charge in [0, 0.05) is 12.1 Å². The van der Waals surface area contributed by atoms with E-state index >= 15 is 0 Å². The maximum absolute atomic E-state index is 11.4. The molecule has 6 heteroatoms. The first kappa shape index (κ1) is 15.3. The third-order valence-corrected chi connectivity index (χ3v) is 3.06. The normalized spacial score (nSPS) is 12.9. The second kappa shape index (κ2) is 5.90. The standard InChI is InChI=1S/C13H20N2O4/c1-8(13(2,3)4)15-11-7-9(18-19-17)5-6-10(11)12(14)16/h5-8,15,17H,1-4H3,(H2,14,16). The lowest BCUT2D eigenvalue weighted by Gasteiger charge is -2.29. The van der Waals surface area contributed by atoms with Crippen LogP contribution in [0.3, 0.4) is 0 Å². The van der Waals surface area contributed by atoms with Gasteiger partial charge in [0.2, 0.25) is 0 Å². The Morgan fingerprint density at radius 2 is 2.05 bits per heavy atom. The number of carbonyl (C=O) groups excluding carboxylic acids is 1. The van der Waals surface area contributed by atoms with Crippen molar-refractivity contribution in [2.24, 2.45) is 11.1 Å². The first-order valence-electron chi connectivity index (χ1n) is 5.94. The summed E-state index contributed by atoms with van der Waals surface area (Å²) < 4.78 is 0. The molecule has 19 heavy (non-hydrogen) atoms. The molecule has 106 valence electrons. The summed E-state index contributed by atoms with van der Waals surface area (Å²) in [4.78, 5) is 15.9. The zero-order valence-electron chi connectivity index (χ0n) is 11.6. The molecule has 1 unspecified atom stereocenters. The summed E-state index contributed by atoms with van der Waals surface area (Å²) >= 11 is 0. The highest BCUT2D eigenvalue weighted by Crippen LogP contribution is 2.27. The Morgan fingerprint density at radius 3 is 2.53 bits per heavy atom. The van der Waals surface area contributed by atoms with Crippen LogP contribution in [0, 0.1) is 5.41 Å². The quantitative estimate of drug-likeness (QED) is 0.563. The second-order valence-electron chi connectivity index (χ2n) is 5.46. The third kappa shape index (κ3) is 4.11. The summed E-state index contributed by atoms with van der Waals surface area (Å²) in [7, 11) is 0.